The molecule has 7 rings (SSSR count). The Morgan fingerprint density at radius 2 is 1.76 bits per heavy atom. The van der Waals surface area contributed by atoms with Gasteiger partial charge in [-0.15, -0.1) is 0 Å². The van der Waals surface area contributed by atoms with Crippen molar-refractivity contribution in [2.24, 2.45) is 0 Å². The number of aliphatic hydroxyl groups is 1. The van der Waals surface area contributed by atoms with Crippen LogP contribution in [-0.2, 0) is 12.8 Å². The molecule has 234 valence electrons. The van der Waals surface area contributed by atoms with Gasteiger partial charge in [-0.05, 0) is 73.6 Å². The monoisotopic (exact) mass is 612 g/mol. The number of rotatable bonds is 10. The lowest BCUT2D eigenvalue weighted by atomic mass is 9.72. The van der Waals surface area contributed by atoms with Crippen LogP contribution in [0.3, 0.4) is 0 Å². The average molecular weight is 613 g/mol. The summed E-state index contributed by atoms with van der Waals surface area (Å²) >= 11 is 0. The van der Waals surface area contributed by atoms with Crippen LogP contribution in [0.2, 0.25) is 0 Å². The summed E-state index contributed by atoms with van der Waals surface area (Å²) in [6.07, 6.45) is 6.46. The number of hydrogen-bond donors (Lipinski definition) is 3. The maximum Gasteiger partial charge on any atom is 0.252 e. The van der Waals surface area contributed by atoms with Gasteiger partial charge < -0.3 is 20.5 Å². The molecule has 1 amide bonds. The highest BCUT2D eigenvalue weighted by atomic mass is 16.5. The fourth-order valence-corrected chi connectivity index (χ4v) is 6.81. The molecule has 0 bridgehead atoms. The van der Waals surface area contributed by atoms with Crippen LogP contribution >= 0.6 is 0 Å². The molecule has 1 aliphatic carbocycles. The number of hydrogen-bond acceptors (Lipinski definition) is 6. The van der Waals surface area contributed by atoms with Crippen molar-refractivity contribution in [3.8, 4) is 17.1 Å². The summed E-state index contributed by atoms with van der Waals surface area (Å²) in [6, 6.07) is 31.1. The van der Waals surface area contributed by atoms with Crippen molar-refractivity contribution in [1.82, 2.24) is 20.6 Å². The summed E-state index contributed by atoms with van der Waals surface area (Å²) in [6.45, 7) is 2.48. The molecule has 7 nitrogen and oxygen atoms in total. The normalized spacial score (nSPS) is 17.8. The highest BCUT2D eigenvalue weighted by Gasteiger charge is 2.45. The molecule has 2 aliphatic rings. The molecule has 3 aromatic carbocycles. The number of para-hydroxylation sites is 1. The van der Waals surface area contributed by atoms with Crippen LogP contribution < -0.4 is 15.4 Å². The minimum Gasteiger partial charge on any atom is -0.487 e. The predicted octanol–water partition coefficient (Wildman–Crippen LogP) is 6.60. The Kier molecular flexibility index (Phi) is 8.52. The number of ether oxygens (including phenoxy) is 1. The Labute approximate surface area is 270 Å². The quantitative estimate of drug-likeness (QED) is 0.165. The number of pyridine rings is 2. The number of carbonyl (C=O) groups is 1. The molecule has 3 N–H and O–H groups in total. The number of fused-ring (bicyclic) bond motifs is 2. The van der Waals surface area contributed by atoms with Gasteiger partial charge in [0.15, 0.2) is 0 Å². The summed E-state index contributed by atoms with van der Waals surface area (Å²) in [5.41, 5.74) is 5.86. The lowest BCUT2D eigenvalue weighted by molar-refractivity contribution is -0.0382. The molecule has 46 heavy (non-hydrogen) atoms. The van der Waals surface area contributed by atoms with Gasteiger partial charge in [0, 0.05) is 36.2 Å². The van der Waals surface area contributed by atoms with Gasteiger partial charge in [-0.1, -0.05) is 73.7 Å². The van der Waals surface area contributed by atoms with E-state index in [9.17, 15) is 9.90 Å². The molecular weight excluding hydrogens is 572 g/mol. The smallest absolute Gasteiger partial charge is 0.252 e. The fourth-order valence-electron chi connectivity index (χ4n) is 6.81. The lowest BCUT2D eigenvalue weighted by Crippen LogP contribution is -2.52. The van der Waals surface area contributed by atoms with Crippen molar-refractivity contribution in [3.05, 3.63) is 126 Å². The Bertz CT molecular complexity index is 1820. The Morgan fingerprint density at radius 3 is 2.52 bits per heavy atom. The van der Waals surface area contributed by atoms with Crippen molar-refractivity contribution < 1.29 is 14.6 Å². The minimum absolute atomic E-state index is 0.0587. The largest absolute Gasteiger partial charge is 0.487 e. The van der Waals surface area contributed by atoms with E-state index in [1.807, 2.05) is 72.8 Å². The molecule has 1 spiro atoms. The van der Waals surface area contributed by atoms with Gasteiger partial charge in [0.1, 0.15) is 11.4 Å². The number of nitrogens with one attached hydrogen (secondary N) is 2. The molecule has 7 heteroatoms. The number of benzene rings is 3. The molecular formula is C39H40N4O3. The zero-order valence-corrected chi connectivity index (χ0v) is 26.2. The zero-order chi connectivity index (χ0) is 31.5. The van der Waals surface area contributed by atoms with Crippen molar-refractivity contribution >= 4 is 16.8 Å². The van der Waals surface area contributed by atoms with E-state index in [2.05, 4.69) is 40.7 Å². The maximum absolute atomic E-state index is 14.1. The van der Waals surface area contributed by atoms with Crippen LogP contribution in [0.25, 0.3) is 22.3 Å². The molecule has 0 radical (unpaired) electrons. The molecule has 1 aliphatic heterocycles. The molecule has 3 atom stereocenters. The average Bonchev–Trinajstić information content (AvgIpc) is 3.09. The first-order valence-electron chi connectivity index (χ1n) is 16.4. The van der Waals surface area contributed by atoms with Gasteiger partial charge in [-0.3, -0.25) is 9.78 Å². The van der Waals surface area contributed by atoms with Gasteiger partial charge in [0.25, 0.3) is 5.91 Å². The van der Waals surface area contributed by atoms with E-state index in [0.717, 1.165) is 47.9 Å². The SMILES string of the molecule is CCc1ccc2c(c1)[C@@H](NC[C@H](O)[C@H](Cc1ccccc1)NC(=O)c1cc(-c3ccccn3)nc3ccccc13)CC1(CCC1)O2. The lowest BCUT2D eigenvalue weighted by Gasteiger charge is -2.48. The van der Waals surface area contributed by atoms with E-state index in [1.54, 1.807) is 12.3 Å². The van der Waals surface area contributed by atoms with Gasteiger partial charge in [-0.2, -0.15) is 0 Å². The fraction of sp³-hybridized carbons (Fsp3) is 0.308. The van der Waals surface area contributed by atoms with E-state index in [-0.39, 0.29) is 17.6 Å². The molecule has 0 unspecified atom stereocenters. The van der Waals surface area contributed by atoms with E-state index in [4.69, 9.17) is 9.72 Å². The third-order valence-corrected chi connectivity index (χ3v) is 9.57. The second kappa shape index (κ2) is 13.0. The molecule has 5 aromatic rings. The van der Waals surface area contributed by atoms with Crippen molar-refractivity contribution in [3.63, 3.8) is 0 Å². The van der Waals surface area contributed by atoms with Crippen LogP contribution in [0.1, 0.15) is 65.7 Å². The van der Waals surface area contributed by atoms with Gasteiger partial charge in [0.05, 0.1) is 34.6 Å². The summed E-state index contributed by atoms with van der Waals surface area (Å²) in [7, 11) is 0. The highest BCUT2D eigenvalue weighted by molar-refractivity contribution is 6.07. The van der Waals surface area contributed by atoms with Gasteiger partial charge in [0.2, 0.25) is 0 Å². The zero-order valence-electron chi connectivity index (χ0n) is 26.2. The molecule has 0 saturated heterocycles. The van der Waals surface area contributed by atoms with Crippen LogP contribution in [-0.4, -0.2) is 45.3 Å². The van der Waals surface area contributed by atoms with Crippen molar-refractivity contribution in [2.45, 2.75) is 69.2 Å². The van der Waals surface area contributed by atoms with E-state index < -0.39 is 12.1 Å². The van der Waals surface area contributed by atoms with Crippen LogP contribution in [0, 0.1) is 0 Å². The first kappa shape index (κ1) is 30.1. The molecule has 2 aromatic heterocycles. The third-order valence-electron chi connectivity index (χ3n) is 9.57. The van der Waals surface area contributed by atoms with E-state index in [0.29, 0.717) is 35.4 Å². The van der Waals surface area contributed by atoms with Gasteiger partial charge in [-0.25, -0.2) is 4.98 Å². The number of nitrogens with zero attached hydrogens (tertiary/aromatic N) is 2. The van der Waals surface area contributed by atoms with E-state index in [1.165, 1.54) is 12.0 Å². The second-order valence-corrected chi connectivity index (χ2v) is 12.7. The predicted molar refractivity (Wildman–Crippen MR) is 181 cm³/mol. The van der Waals surface area contributed by atoms with Crippen LogP contribution in [0.15, 0.2) is 103 Å². The summed E-state index contributed by atoms with van der Waals surface area (Å²) < 4.78 is 6.53. The Balaban J connectivity index is 1.16. The van der Waals surface area contributed by atoms with E-state index >= 15 is 0 Å². The van der Waals surface area contributed by atoms with Crippen LogP contribution in [0.4, 0.5) is 0 Å². The Hall–Kier alpha value is -4.59. The third kappa shape index (κ3) is 6.26. The second-order valence-electron chi connectivity index (χ2n) is 12.7. The number of amides is 1. The molecule has 1 saturated carbocycles. The highest BCUT2D eigenvalue weighted by Crippen LogP contribution is 2.49. The van der Waals surface area contributed by atoms with Gasteiger partial charge >= 0.3 is 0 Å². The molecule has 3 heterocycles. The number of aliphatic hydroxyl groups excluding tert-OH is 1. The summed E-state index contributed by atoms with van der Waals surface area (Å²) in [5, 5.41) is 19.4. The van der Waals surface area contributed by atoms with Crippen molar-refractivity contribution in [1.29, 1.82) is 0 Å². The number of aromatic nitrogens is 2. The summed E-state index contributed by atoms with van der Waals surface area (Å²) in [4.78, 5) is 23.4. The summed E-state index contributed by atoms with van der Waals surface area (Å²) in [5.74, 6) is 0.686. The standard InChI is InChI=1S/C39H40N4O3/c1-2-26-16-17-37-30(21-26)35(24-39(46-37)18-10-19-39)41-25-36(44)34(22-27-11-4-3-5-12-27)43-38(45)29-23-33(32-15-8-9-20-40-32)42-31-14-7-6-13-28(29)31/h3-9,11-17,20-21,23,34-36,41,44H,2,10,18-19,22,24-25H2,1H3,(H,43,45)/t34-,35-,36-/m0/s1. The molecule has 1 fully saturated rings. The Morgan fingerprint density at radius 1 is 0.957 bits per heavy atom. The number of aryl methyl sites for hydroxylation is 1. The van der Waals surface area contributed by atoms with Crippen LogP contribution in [0.5, 0.6) is 5.75 Å². The number of carbonyl (C=O) groups excluding carboxylic acids is 1. The van der Waals surface area contributed by atoms with Crippen molar-refractivity contribution in [2.75, 3.05) is 6.54 Å². The minimum atomic E-state index is -0.842. The first-order valence-corrected chi connectivity index (χ1v) is 16.4. The topological polar surface area (TPSA) is 96.4 Å². The first-order chi connectivity index (χ1) is 22.5. The maximum atomic E-state index is 14.1.